The fourth-order valence-electron chi connectivity index (χ4n) is 1.48. The molecule has 0 saturated carbocycles. The van der Waals surface area contributed by atoms with E-state index in [1.807, 2.05) is 38.1 Å². The van der Waals surface area contributed by atoms with Crippen LogP contribution >= 0.6 is 0 Å². The molecule has 0 fully saturated rings. The smallest absolute Gasteiger partial charge is 0.227 e. The molecule has 18 heavy (non-hydrogen) atoms. The van der Waals surface area contributed by atoms with Crippen LogP contribution in [-0.4, -0.2) is 37.0 Å². The number of carbonyl (C=O) groups excluding carboxylic acids is 1. The Morgan fingerprint density at radius 2 is 2.06 bits per heavy atom. The van der Waals surface area contributed by atoms with Gasteiger partial charge >= 0.3 is 0 Å². The fraction of sp³-hybridized carbons (Fsp3) is 0.357. The van der Waals surface area contributed by atoms with Gasteiger partial charge in [-0.3, -0.25) is 9.79 Å². The normalized spacial score (nSPS) is 11.9. The van der Waals surface area contributed by atoms with Gasteiger partial charge in [0.15, 0.2) is 0 Å². The first-order valence-corrected chi connectivity index (χ1v) is 5.92. The first-order valence-electron chi connectivity index (χ1n) is 5.92. The molecule has 4 nitrogen and oxygen atoms in total. The molecular formula is C14H19N3O. The van der Waals surface area contributed by atoms with Gasteiger partial charge in [0, 0.05) is 31.8 Å². The Kier molecular flexibility index (Phi) is 5.24. The van der Waals surface area contributed by atoms with Crippen LogP contribution in [0.1, 0.15) is 25.8 Å². The Balaban J connectivity index is 2.98. The third kappa shape index (κ3) is 3.52. The lowest BCUT2D eigenvalue weighted by atomic mass is 10.1. The van der Waals surface area contributed by atoms with E-state index in [0.29, 0.717) is 6.42 Å². The van der Waals surface area contributed by atoms with Gasteiger partial charge in [0.25, 0.3) is 0 Å². The molecule has 1 rings (SSSR count). The van der Waals surface area contributed by atoms with Crippen molar-refractivity contribution in [3.05, 3.63) is 29.8 Å². The standard InChI is InChI=1S/C14H19N3O/c1-5-14(18)17(4)10-16-13-9-7-6-8-12(13)11(2)15-3/h6-10H,5H2,1-4H3. The largest absolute Gasteiger partial charge is 0.306 e. The molecule has 0 aliphatic carbocycles. The number of benzene rings is 1. The van der Waals surface area contributed by atoms with Crippen molar-refractivity contribution in [3.8, 4) is 0 Å². The molecule has 96 valence electrons. The predicted octanol–water partition coefficient (Wildman–Crippen LogP) is 2.65. The molecule has 1 aromatic rings. The van der Waals surface area contributed by atoms with Crippen molar-refractivity contribution in [2.75, 3.05) is 14.1 Å². The van der Waals surface area contributed by atoms with Gasteiger partial charge in [-0.1, -0.05) is 25.1 Å². The van der Waals surface area contributed by atoms with Crippen LogP contribution in [0.3, 0.4) is 0 Å². The average molecular weight is 245 g/mol. The average Bonchev–Trinajstić information content (AvgIpc) is 2.43. The van der Waals surface area contributed by atoms with Crippen molar-refractivity contribution in [2.45, 2.75) is 20.3 Å². The van der Waals surface area contributed by atoms with Crippen LogP contribution in [0.5, 0.6) is 0 Å². The van der Waals surface area contributed by atoms with Gasteiger partial charge in [0.2, 0.25) is 5.91 Å². The summed E-state index contributed by atoms with van der Waals surface area (Å²) >= 11 is 0. The summed E-state index contributed by atoms with van der Waals surface area (Å²) in [6, 6.07) is 7.74. The molecule has 0 N–H and O–H groups in total. The third-order valence-corrected chi connectivity index (χ3v) is 2.70. The summed E-state index contributed by atoms with van der Waals surface area (Å²) in [7, 11) is 3.46. The number of hydrogen-bond acceptors (Lipinski definition) is 3. The summed E-state index contributed by atoms with van der Waals surface area (Å²) in [4.78, 5) is 21.4. The molecule has 1 amide bonds. The molecule has 4 heteroatoms. The van der Waals surface area contributed by atoms with Crippen molar-refractivity contribution < 1.29 is 4.79 Å². The van der Waals surface area contributed by atoms with Crippen molar-refractivity contribution >= 4 is 23.6 Å². The van der Waals surface area contributed by atoms with E-state index in [1.165, 1.54) is 4.90 Å². The molecule has 0 aromatic heterocycles. The maximum atomic E-state index is 11.4. The lowest BCUT2D eigenvalue weighted by Gasteiger charge is -2.10. The molecule has 0 radical (unpaired) electrons. The molecule has 0 bridgehead atoms. The van der Waals surface area contributed by atoms with Gasteiger partial charge in [-0.25, -0.2) is 4.99 Å². The molecule has 0 aliphatic rings. The Labute approximate surface area is 108 Å². The van der Waals surface area contributed by atoms with Crippen molar-refractivity contribution in [1.29, 1.82) is 0 Å². The van der Waals surface area contributed by atoms with Gasteiger partial charge in [-0.05, 0) is 13.0 Å². The Morgan fingerprint density at radius 3 is 2.67 bits per heavy atom. The summed E-state index contributed by atoms with van der Waals surface area (Å²) < 4.78 is 0. The van der Waals surface area contributed by atoms with E-state index in [0.717, 1.165) is 17.0 Å². The van der Waals surface area contributed by atoms with Gasteiger partial charge in [-0.15, -0.1) is 0 Å². The second-order valence-corrected chi connectivity index (χ2v) is 3.93. The third-order valence-electron chi connectivity index (χ3n) is 2.70. The second-order valence-electron chi connectivity index (χ2n) is 3.93. The van der Waals surface area contributed by atoms with E-state index in [4.69, 9.17) is 0 Å². The number of para-hydroxylation sites is 1. The molecule has 0 unspecified atom stereocenters. The lowest BCUT2D eigenvalue weighted by Crippen LogP contribution is -2.23. The quantitative estimate of drug-likeness (QED) is 0.594. The zero-order chi connectivity index (χ0) is 13.5. The zero-order valence-electron chi connectivity index (χ0n) is 11.3. The second kappa shape index (κ2) is 6.69. The van der Waals surface area contributed by atoms with Crippen molar-refractivity contribution in [1.82, 2.24) is 4.90 Å². The number of aliphatic imine (C=N–C) groups is 2. The SMILES string of the molecule is CCC(=O)N(C)C=Nc1ccccc1C(C)=NC. The highest BCUT2D eigenvalue weighted by atomic mass is 16.2. The van der Waals surface area contributed by atoms with Crippen LogP contribution in [0, 0.1) is 0 Å². The van der Waals surface area contributed by atoms with E-state index in [1.54, 1.807) is 20.4 Å². The van der Waals surface area contributed by atoms with E-state index in [2.05, 4.69) is 9.98 Å². The highest BCUT2D eigenvalue weighted by Crippen LogP contribution is 2.19. The number of nitrogens with zero attached hydrogens (tertiary/aromatic N) is 3. The molecule has 1 aromatic carbocycles. The predicted molar refractivity (Wildman–Crippen MR) is 75.8 cm³/mol. The van der Waals surface area contributed by atoms with Crippen LogP contribution in [0.4, 0.5) is 5.69 Å². The monoisotopic (exact) mass is 245 g/mol. The fourth-order valence-corrected chi connectivity index (χ4v) is 1.48. The summed E-state index contributed by atoms with van der Waals surface area (Å²) in [6.07, 6.45) is 2.02. The topological polar surface area (TPSA) is 45.0 Å². The molecule has 0 spiro atoms. The minimum absolute atomic E-state index is 0.0390. The Morgan fingerprint density at radius 1 is 1.39 bits per heavy atom. The lowest BCUT2D eigenvalue weighted by molar-refractivity contribution is -0.125. The maximum absolute atomic E-state index is 11.4. The van der Waals surface area contributed by atoms with Crippen LogP contribution in [-0.2, 0) is 4.79 Å². The first kappa shape index (κ1) is 14.1. The summed E-state index contributed by atoms with van der Waals surface area (Å²) in [5.74, 6) is 0.0390. The minimum Gasteiger partial charge on any atom is -0.306 e. The van der Waals surface area contributed by atoms with Gasteiger partial charge < -0.3 is 4.90 Å². The van der Waals surface area contributed by atoms with E-state index < -0.39 is 0 Å². The number of amides is 1. The molecular weight excluding hydrogens is 226 g/mol. The van der Waals surface area contributed by atoms with Crippen LogP contribution in [0.15, 0.2) is 34.3 Å². The minimum atomic E-state index is 0.0390. The first-order chi connectivity index (χ1) is 8.60. The number of hydrogen-bond donors (Lipinski definition) is 0. The molecule has 0 atom stereocenters. The highest BCUT2D eigenvalue weighted by molar-refractivity contribution is 6.03. The molecule has 0 aliphatic heterocycles. The van der Waals surface area contributed by atoms with E-state index in [9.17, 15) is 4.79 Å². The maximum Gasteiger partial charge on any atom is 0.227 e. The van der Waals surface area contributed by atoms with Crippen LogP contribution in [0.2, 0.25) is 0 Å². The number of carbonyl (C=O) groups is 1. The Hall–Kier alpha value is -1.97. The number of rotatable bonds is 4. The van der Waals surface area contributed by atoms with Crippen LogP contribution < -0.4 is 0 Å². The highest BCUT2D eigenvalue weighted by Gasteiger charge is 2.04. The summed E-state index contributed by atoms with van der Waals surface area (Å²) in [5.41, 5.74) is 2.72. The van der Waals surface area contributed by atoms with Crippen molar-refractivity contribution in [3.63, 3.8) is 0 Å². The van der Waals surface area contributed by atoms with Gasteiger partial charge in [-0.2, -0.15) is 0 Å². The van der Waals surface area contributed by atoms with Gasteiger partial charge in [0.05, 0.1) is 12.0 Å². The summed E-state index contributed by atoms with van der Waals surface area (Å²) in [6.45, 7) is 3.77. The van der Waals surface area contributed by atoms with Gasteiger partial charge in [0.1, 0.15) is 0 Å². The van der Waals surface area contributed by atoms with E-state index >= 15 is 0 Å². The summed E-state index contributed by atoms with van der Waals surface area (Å²) in [5, 5.41) is 0. The van der Waals surface area contributed by atoms with Crippen molar-refractivity contribution in [2.24, 2.45) is 9.98 Å². The zero-order valence-corrected chi connectivity index (χ0v) is 11.3. The molecule has 0 saturated heterocycles. The van der Waals surface area contributed by atoms with E-state index in [-0.39, 0.29) is 5.91 Å². The molecule has 0 heterocycles. The van der Waals surface area contributed by atoms with Crippen LogP contribution in [0.25, 0.3) is 0 Å². The Bertz CT molecular complexity index is 478.